The van der Waals surface area contributed by atoms with Crippen molar-refractivity contribution in [1.29, 1.82) is 0 Å². The van der Waals surface area contributed by atoms with Gasteiger partial charge < -0.3 is 16.2 Å². The molecule has 0 saturated carbocycles. The monoisotopic (exact) mass is 448 g/mol. The summed E-state index contributed by atoms with van der Waals surface area (Å²) in [6.07, 6.45) is 2.74. The van der Waals surface area contributed by atoms with Crippen molar-refractivity contribution in [3.63, 3.8) is 0 Å². The number of aryl methyl sites for hydroxylation is 1. The van der Waals surface area contributed by atoms with Crippen LogP contribution in [0.3, 0.4) is 0 Å². The Labute approximate surface area is 190 Å². The molecule has 1 unspecified atom stereocenters. The van der Waals surface area contributed by atoms with Crippen molar-refractivity contribution in [3.8, 4) is 11.3 Å². The highest BCUT2D eigenvalue weighted by Crippen LogP contribution is 2.32. The van der Waals surface area contributed by atoms with Gasteiger partial charge >= 0.3 is 0 Å². The van der Waals surface area contributed by atoms with Gasteiger partial charge in [0, 0.05) is 23.4 Å². The molecule has 0 spiro atoms. The van der Waals surface area contributed by atoms with Crippen LogP contribution in [0, 0.1) is 18.7 Å². The molecule has 0 aliphatic rings. The number of carbonyl (C=O) groups is 1. The molecule has 170 valence electrons. The third-order valence-electron chi connectivity index (χ3n) is 5.30. The number of nitrogens with one attached hydrogen (secondary N) is 1. The highest BCUT2D eigenvalue weighted by Gasteiger charge is 2.21. The SMILES string of the molecule is Cc1nc(-c2ccc(C(=O)Nc3cc(F)ccn3)cc2)c2c(N)ncc(C(O)CC(C)C)n12. The molecule has 33 heavy (non-hydrogen) atoms. The number of hydrogen-bond donors (Lipinski definition) is 3. The van der Waals surface area contributed by atoms with Crippen LogP contribution < -0.4 is 11.1 Å². The lowest BCUT2D eigenvalue weighted by atomic mass is 10.0. The average Bonchev–Trinajstić information content (AvgIpc) is 3.12. The van der Waals surface area contributed by atoms with Crippen molar-refractivity contribution in [3.05, 3.63) is 71.7 Å². The fourth-order valence-electron chi connectivity index (χ4n) is 3.78. The molecule has 3 aromatic heterocycles. The fourth-order valence-corrected chi connectivity index (χ4v) is 3.78. The zero-order chi connectivity index (χ0) is 23.7. The smallest absolute Gasteiger partial charge is 0.256 e. The Balaban J connectivity index is 1.67. The second kappa shape index (κ2) is 8.95. The maximum Gasteiger partial charge on any atom is 0.256 e. The van der Waals surface area contributed by atoms with Crippen LogP contribution in [0.5, 0.6) is 0 Å². The van der Waals surface area contributed by atoms with E-state index in [4.69, 9.17) is 5.73 Å². The van der Waals surface area contributed by atoms with Crippen molar-refractivity contribution in [2.75, 3.05) is 11.1 Å². The standard InChI is InChI=1S/C24H25FN6O2/c1-13(2)10-19(32)18-12-28-23(26)22-21(29-14(3)31(18)22)15-4-6-16(7-5-15)24(33)30-20-11-17(25)8-9-27-20/h4-9,11-13,19,32H,10H2,1-3H3,(H2,26,28)(H,27,30,33). The highest BCUT2D eigenvalue weighted by molar-refractivity contribution is 6.04. The number of rotatable bonds is 6. The van der Waals surface area contributed by atoms with Crippen LogP contribution in [0.2, 0.25) is 0 Å². The van der Waals surface area contributed by atoms with Crippen LogP contribution in [-0.2, 0) is 0 Å². The maximum absolute atomic E-state index is 13.3. The van der Waals surface area contributed by atoms with Crippen LogP contribution in [0.25, 0.3) is 16.8 Å². The first kappa shape index (κ1) is 22.3. The summed E-state index contributed by atoms with van der Waals surface area (Å²) in [5.41, 5.74) is 9.16. The number of aliphatic hydroxyl groups is 1. The molecular formula is C24H25FN6O2. The molecule has 4 aromatic rings. The van der Waals surface area contributed by atoms with E-state index in [9.17, 15) is 14.3 Å². The Morgan fingerprint density at radius 2 is 1.94 bits per heavy atom. The van der Waals surface area contributed by atoms with Crippen molar-refractivity contribution >= 4 is 23.1 Å². The van der Waals surface area contributed by atoms with Gasteiger partial charge in [-0.2, -0.15) is 0 Å². The van der Waals surface area contributed by atoms with Gasteiger partial charge in [0.2, 0.25) is 0 Å². The summed E-state index contributed by atoms with van der Waals surface area (Å²) in [4.78, 5) is 25.4. The number of halogens is 1. The highest BCUT2D eigenvalue weighted by atomic mass is 19.1. The van der Waals surface area contributed by atoms with Crippen molar-refractivity contribution in [2.45, 2.75) is 33.3 Å². The predicted molar refractivity (Wildman–Crippen MR) is 124 cm³/mol. The quantitative estimate of drug-likeness (QED) is 0.408. The van der Waals surface area contributed by atoms with E-state index in [1.807, 2.05) is 25.2 Å². The van der Waals surface area contributed by atoms with Crippen LogP contribution in [0.1, 0.15) is 48.2 Å². The normalized spacial score (nSPS) is 12.3. The van der Waals surface area contributed by atoms with Gasteiger partial charge in [0.15, 0.2) is 0 Å². The number of hydrogen-bond acceptors (Lipinski definition) is 6. The number of pyridine rings is 1. The number of benzene rings is 1. The molecular weight excluding hydrogens is 423 g/mol. The molecule has 0 aliphatic carbocycles. The average molecular weight is 449 g/mol. The summed E-state index contributed by atoms with van der Waals surface area (Å²) in [6, 6.07) is 9.15. The molecule has 0 aliphatic heterocycles. The van der Waals surface area contributed by atoms with Crippen molar-refractivity contribution < 1.29 is 14.3 Å². The molecule has 3 heterocycles. The van der Waals surface area contributed by atoms with Gasteiger partial charge in [0.1, 0.15) is 34.5 Å². The predicted octanol–water partition coefficient (Wildman–Crippen LogP) is 4.15. The fraction of sp³-hybridized carbons (Fsp3) is 0.250. The number of aromatic nitrogens is 4. The minimum atomic E-state index is -0.705. The molecule has 9 heteroatoms. The van der Waals surface area contributed by atoms with Gasteiger partial charge in [-0.3, -0.25) is 9.20 Å². The zero-order valence-corrected chi connectivity index (χ0v) is 18.6. The lowest BCUT2D eigenvalue weighted by Gasteiger charge is -2.16. The molecule has 0 radical (unpaired) electrons. The van der Waals surface area contributed by atoms with E-state index < -0.39 is 17.8 Å². The molecule has 4 N–H and O–H groups in total. The third-order valence-corrected chi connectivity index (χ3v) is 5.30. The Morgan fingerprint density at radius 3 is 2.61 bits per heavy atom. The van der Waals surface area contributed by atoms with E-state index in [-0.39, 0.29) is 5.82 Å². The summed E-state index contributed by atoms with van der Waals surface area (Å²) < 4.78 is 15.2. The topological polar surface area (TPSA) is 118 Å². The lowest BCUT2D eigenvalue weighted by molar-refractivity contribution is 0.102. The molecule has 0 saturated heterocycles. The second-order valence-corrected chi connectivity index (χ2v) is 8.30. The minimum absolute atomic E-state index is 0.131. The van der Waals surface area contributed by atoms with E-state index in [1.54, 1.807) is 30.5 Å². The molecule has 0 fully saturated rings. The summed E-state index contributed by atoms with van der Waals surface area (Å²) in [5.74, 6) is 0.506. The van der Waals surface area contributed by atoms with Crippen LogP contribution >= 0.6 is 0 Å². The largest absolute Gasteiger partial charge is 0.387 e. The Hall–Kier alpha value is -3.85. The van der Waals surface area contributed by atoms with Gasteiger partial charge in [-0.15, -0.1) is 0 Å². The first-order valence-electron chi connectivity index (χ1n) is 10.6. The summed E-state index contributed by atoms with van der Waals surface area (Å²) in [5, 5.41) is 13.3. The number of fused-ring (bicyclic) bond motifs is 1. The molecule has 1 aromatic carbocycles. The Bertz CT molecular complexity index is 1320. The number of anilines is 2. The van der Waals surface area contributed by atoms with Crippen LogP contribution in [0.15, 0.2) is 48.8 Å². The van der Waals surface area contributed by atoms with E-state index in [2.05, 4.69) is 20.3 Å². The number of amides is 1. The van der Waals surface area contributed by atoms with E-state index in [1.165, 1.54) is 12.3 Å². The van der Waals surface area contributed by atoms with Crippen LogP contribution in [-0.4, -0.2) is 30.4 Å². The third kappa shape index (κ3) is 4.54. The van der Waals surface area contributed by atoms with Gasteiger partial charge in [0.25, 0.3) is 5.91 Å². The molecule has 8 nitrogen and oxygen atoms in total. The van der Waals surface area contributed by atoms with Gasteiger partial charge in [-0.05, 0) is 37.5 Å². The van der Waals surface area contributed by atoms with E-state index in [0.717, 1.165) is 11.6 Å². The number of imidazole rings is 1. The zero-order valence-electron chi connectivity index (χ0n) is 18.6. The number of carbonyl (C=O) groups excluding carboxylic acids is 1. The first-order valence-corrected chi connectivity index (χ1v) is 10.6. The number of aliphatic hydroxyl groups excluding tert-OH is 1. The lowest BCUT2D eigenvalue weighted by Crippen LogP contribution is -2.12. The van der Waals surface area contributed by atoms with Crippen molar-refractivity contribution in [2.24, 2.45) is 5.92 Å². The second-order valence-electron chi connectivity index (χ2n) is 8.30. The molecule has 1 amide bonds. The first-order chi connectivity index (χ1) is 15.7. The number of nitrogens with zero attached hydrogens (tertiary/aromatic N) is 4. The Morgan fingerprint density at radius 1 is 1.21 bits per heavy atom. The molecule has 4 rings (SSSR count). The number of nitrogens with two attached hydrogens (primary N) is 1. The summed E-state index contributed by atoms with van der Waals surface area (Å²) in [6.45, 7) is 5.92. The van der Waals surface area contributed by atoms with Crippen LogP contribution in [0.4, 0.5) is 16.0 Å². The van der Waals surface area contributed by atoms with Gasteiger partial charge in [-0.1, -0.05) is 26.0 Å². The van der Waals surface area contributed by atoms with Crippen molar-refractivity contribution in [1.82, 2.24) is 19.4 Å². The number of nitrogen functional groups attached to an aromatic ring is 1. The van der Waals surface area contributed by atoms with E-state index >= 15 is 0 Å². The molecule has 1 atom stereocenters. The van der Waals surface area contributed by atoms with Gasteiger partial charge in [-0.25, -0.2) is 19.3 Å². The molecule has 0 bridgehead atoms. The summed E-state index contributed by atoms with van der Waals surface area (Å²) >= 11 is 0. The summed E-state index contributed by atoms with van der Waals surface area (Å²) in [7, 11) is 0. The van der Waals surface area contributed by atoms with E-state index in [0.29, 0.717) is 46.4 Å². The minimum Gasteiger partial charge on any atom is -0.387 e. The Kier molecular flexibility index (Phi) is 6.06. The van der Waals surface area contributed by atoms with Gasteiger partial charge in [0.05, 0.1) is 18.0 Å². The maximum atomic E-state index is 13.3.